The van der Waals surface area contributed by atoms with E-state index in [4.69, 9.17) is 0 Å². The summed E-state index contributed by atoms with van der Waals surface area (Å²) in [6.45, 7) is 0. The van der Waals surface area contributed by atoms with Crippen LogP contribution >= 0.6 is 11.9 Å². The second-order valence-corrected chi connectivity index (χ2v) is 3.68. The quantitative estimate of drug-likeness (QED) is 0.742. The molecule has 0 aliphatic rings. The topological polar surface area (TPSA) is 60.1 Å². The van der Waals surface area contributed by atoms with Crippen LogP contribution in [0.3, 0.4) is 0 Å². The summed E-state index contributed by atoms with van der Waals surface area (Å²) in [4.78, 5) is 10.1. The Bertz CT molecular complexity index is 442. The van der Waals surface area contributed by atoms with E-state index in [1.807, 2.05) is 30.3 Å². The number of nitrogens with zero attached hydrogens (tertiary/aromatic N) is 4. The van der Waals surface area contributed by atoms with E-state index in [9.17, 15) is 4.91 Å². The number of benzene rings is 1. The van der Waals surface area contributed by atoms with E-state index in [0.29, 0.717) is 0 Å². The molecule has 0 spiro atoms. The van der Waals surface area contributed by atoms with Crippen molar-refractivity contribution >= 4 is 17.8 Å². The Morgan fingerprint density at radius 1 is 1.33 bits per heavy atom. The molecule has 0 aliphatic heterocycles. The highest BCUT2D eigenvalue weighted by Crippen LogP contribution is 2.14. The summed E-state index contributed by atoms with van der Waals surface area (Å²) in [6.07, 6.45) is 1.34. The molecule has 0 unspecified atom stereocenters. The minimum atomic E-state index is 0.107. The molecule has 0 aliphatic carbocycles. The fourth-order valence-electron chi connectivity index (χ4n) is 1.05. The maximum atomic E-state index is 10.1. The van der Waals surface area contributed by atoms with Crippen LogP contribution in [0.1, 0.15) is 5.56 Å². The van der Waals surface area contributed by atoms with Gasteiger partial charge in [-0.25, -0.2) is 0 Å². The molecule has 2 rings (SSSR count). The highest BCUT2D eigenvalue weighted by Gasteiger charge is 2.00. The summed E-state index contributed by atoms with van der Waals surface area (Å²) < 4.78 is 1.39. The van der Waals surface area contributed by atoms with Crippen LogP contribution in [0, 0.1) is 4.91 Å². The molecule has 15 heavy (non-hydrogen) atoms. The predicted octanol–water partition coefficient (Wildman–Crippen LogP) is 2.37. The molecule has 6 heteroatoms. The number of hydrogen-bond acceptors (Lipinski definition) is 5. The molecular weight excluding hydrogens is 212 g/mol. The third kappa shape index (κ3) is 2.63. The first-order valence-electron chi connectivity index (χ1n) is 4.31. The summed E-state index contributed by atoms with van der Waals surface area (Å²) in [7, 11) is 0. The first-order valence-corrected chi connectivity index (χ1v) is 5.25. The molecule has 5 nitrogen and oxygen atoms in total. The Kier molecular flexibility index (Phi) is 3.08. The van der Waals surface area contributed by atoms with Crippen molar-refractivity contribution in [2.24, 2.45) is 5.18 Å². The van der Waals surface area contributed by atoms with Gasteiger partial charge < -0.3 is 0 Å². The van der Waals surface area contributed by atoms with Gasteiger partial charge in [0.2, 0.25) is 5.82 Å². The average molecular weight is 220 g/mol. The second kappa shape index (κ2) is 4.70. The smallest absolute Gasteiger partial charge is 0.148 e. The fraction of sp³-hybridized carbons (Fsp3) is 0.111. The lowest BCUT2D eigenvalue weighted by Crippen LogP contribution is -1.92. The van der Waals surface area contributed by atoms with Crippen molar-refractivity contribution in [3.63, 3.8) is 0 Å². The van der Waals surface area contributed by atoms with E-state index in [0.717, 1.165) is 5.75 Å². The highest BCUT2D eigenvalue weighted by atomic mass is 32.2. The normalized spacial score (nSPS) is 10.1. The third-order valence-electron chi connectivity index (χ3n) is 1.74. The summed E-state index contributed by atoms with van der Waals surface area (Å²) in [5.74, 6) is 0.865. The van der Waals surface area contributed by atoms with Crippen molar-refractivity contribution < 1.29 is 0 Å². The standard InChI is InChI=1S/C9H8N4OS/c14-12-9-6-10-13(11-9)15-7-8-4-2-1-3-5-8/h1-6H,7H2. The van der Waals surface area contributed by atoms with Crippen molar-refractivity contribution in [2.75, 3.05) is 0 Å². The molecule has 1 aromatic carbocycles. The number of rotatable bonds is 4. The molecule has 0 atom stereocenters. The summed E-state index contributed by atoms with van der Waals surface area (Å²) in [5, 5.41) is 10.4. The maximum Gasteiger partial charge on any atom is 0.238 e. The molecular formula is C9H8N4OS. The summed E-state index contributed by atoms with van der Waals surface area (Å²) in [5.41, 5.74) is 1.18. The van der Waals surface area contributed by atoms with Gasteiger partial charge >= 0.3 is 0 Å². The Labute approximate surface area is 90.6 Å². The summed E-state index contributed by atoms with van der Waals surface area (Å²) in [6, 6.07) is 9.97. The summed E-state index contributed by atoms with van der Waals surface area (Å²) >= 11 is 1.41. The van der Waals surface area contributed by atoms with Crippen LogP contribution in [0.25, 0.3) is 0 Å². The lowest BCUT2D eigenvalue weighted by molar-refractivity contribution is 0.861. The van der Waals surface area contributed by atoms with E-state index >= 15 is 0 Å². The monoisotopic (exact) mass is 220 g/mol. The molecule has 1 aromatic heterocycles. The minimum Gasteiger partial charge on any atom is -0.148 e. The van der Waals surface area contributed by atoms with Gasteiger partial charge in [-0.05, 0) is 10.7 Å². The molecule has 0 bridgehead atoms. The zero-order valence-corrected chi connectivity index (χ0v) is 8.59. The minimum absolute atomic E-state index is 0.107. The van der Waals surface area contributed by atoms with Crippen molar-refractivity contribution in [3.8, 4) is 0 Å². The first-order chi connectivity index (χ1) is 7.38. The van der Waals surface area contributed by atoms with Crippen molar-refractivity contribution in [3.05, 3.63) is 47.0 Å². The van der Waals surface area contributed by atoms with Gasteiger partial charge in [-0.1, -0.05) is 30.3 Å². The Balaban J connectivity index is 1.96. The van der Waals surface area contributed by atoms with E-state index < -0.39 is 0 Å². The zero-order chi connectivity index (χ0) is 10.5. The van der Waals surface area contributed by atoms with E-state index in [2.05, 4.69) is 15.4 Å². The van der Waals surface area contributed by atoms with E-state index in [1.54, 1.807) is 0 Å². The van der Waals surface area contributed by atoms with Gasteiger partial charge in [0.1, 0.15) is 6.20 Å². The Hall–Kier alpha value is -1.69. The molecule has 2 aromatic rings. The third-order valence-corrected chi connectivity index (χ3v) is 2.61. The Morgan fingerprint density at radius 2 is 2.13 bits per heavy atom. The van der Waals surface area contributed by atoms with Gasteiger partial charge in [-0.2, -0.15) is 0 Å². The van der Waals surface area contributed by atoms with Gasteiger partial charge in [0.15, 0.2) is 0 Å². The van der Waals surface area contributed by atoms with Crippen molar-refractivity contribution in [1.29, 1.82) is 0 Å². The number of aromatic nitrogens is 3. The lowest BCUT2D eigenvalue weighted by atomic mass is 10.2. The first kappa shape index (κ1) is 9.85. The second-order valence-electron chi connectivity index (χ2n) is 2.81. The van der Waals surface area contributed by atoms with Gasteiger partial charge in [0, 0.05) is 17.7 Å². The molecule has 0 fully saturated rings. The molecule has 0 N–H and O–H groups in total. The molecule has 0 amide bonds. The molecule has 0 saturated heterocycles. The van der Waals surface area contributed by atoms with Gasteiger partial charge in [-0.3, -0.25) is 0 Å². The van der Waals surface area contributed by atoms with Gasteiger partial charge in [-0.15, -0.1) is 19.3 Å². The van der Waals surface area contributed by atoms with Crippen LogP contribution in [0.5, 0.6) is 0 Å². The molecule has 1 heterocycles. The van der Waals surface area contributed by atoms with Crippen LogP contribution in [0.4, 0.5) is 5.82 Å². The Morgan fingerprint density at radius 3 is 2.80 bits per heavy atom. The molecule has 0 radical (unpaired) electrons. The molecule has 76 valence electrons. The maximum absolute atomic E-state index is 10.1. The van der Waals surface area contributed by atoms with E-state index in [1.165, 1.54) is 27.9 Å². The number of hydrogen-bond donors (Lipinski definition) is 0. The lowest BCUT2D eigenvalue weighted by Gasteiger charge is -1.98. The molecule has 0 saturated carbocycles. The van der Waals surface area contributed by atoms with Crippen LogP contribution in [0.15, 0.2) is 41.7 Å². The van der Waals surface area contributed by atoms with Crippen LogP contribution < -0.4 is 0 Å². The predicted molar refractivity (Wildman–Crippen MR) is 58.6 cm³/mol. The number of nitroso groups, excluding NO2 is 1. The van der Waals surface area contributed by atoms with E-state index in [-0.39, 0.29) is 5.82 Å². The van der Waals surface area contributed by atoms with Crippen molar-refractivity contribution in [1.82, 2.24) is 14.4 Å². The average Bonchev–Trinajstić information content (AvgIpc) is 2.76. The van der Waals surface area contributed by atoms with Crippen LogP contribution in [-0.2, 0) is 5.75 Å². The fourth-order valence-corrected chi connectivity index (χ4v) is 1.76. The van der Waals surface area contributed by atoms with Gasteiger partial charge in [0.25, 0.3) is 0 Å². The van der Waals surface area contributed by atoms with Crippen LogP contribution in [0.2, 0.25) is 0 Å². The largest absolute Gasteiger partial charge is 0.238 e. The SMILES string of the molecule is O=Nc1cnn(SCc2ccccc2)n1. The highest BCUT2D eigenvalue weighted by molar-refractivity contribution is 7.96. The zero-order valence-electron chi connectivity index (χ0n) is 7.78. The van der Waals surface area contributed by atoms with Crippen LogP contribution in [-0.4, -0.2) is 14.4 Å². The van der Waals surface area contributed by atoms with Crippen molar-refractivity contribution in [2.45, 2.75) is 5.75 Å². The van der Waals surface area contributed by atoms with Gasteiger partial charge in [0.05, 0.1) is 0 Å².